The van der Waals surface area contributed by atoms with Gasteiger partial charge in [-0.3, -0.25) is 4.79 Å². The van der Waals surface area contributed by atoms with Crippen LogP contribution in [0.1, 0.15) is 51.2 Å². The van der Waals surface area contributed by atoms with Crippen LogP contribution in [0, 0.1) is 0 Å². The number of rotatable bonds is 7. The number of hydrogen-bond donors (Lipinski definition) is 0. The van der Waals surface area contributed by atoms with E-state index in [-0.39, 0.29) is 5.97 Å². The lowest BCUT2D eigenvalue weighted by Gasteiger charge is -2.07. The van der Waals surface area contributed by atoms with Crippen molar-refractivity contribution in [3.05, 3.63) is 41.0 Å². The van der Waals surface area contributed by atoms with Gasteiger partial charge in [0.1, 0.15) is 6.61 Å². The van der Waals surface area contributed by atoms with E-state index in [4.69, 9.17) is 4.74 Å². The Hall–Kier alpha value is -1.57. The summed E-state index contributed by atoms with van der Waals surface area (Å²) in [4.78, 5) is 10.9. The van der Waals surface area contributed by atoms with E-state index in [1.807, 2.05) is 0 Å². The predicted molar refractivity (Wildman–Crippen MR) is 80.0 cm³/mol. The Labute approximate surface area is 116 Å². The van der Waals surface area contributed by atoms with Gasteiger partial charge in [-0.1, -0.05) is 57.0 Å². The lowest BCUT2D eigenvalue weighted by molar-refractivity contribution is -0.140. The van der Waals surface area contributed by atoms with E-state index in [2.05, 4.69) is 44.2 Å². The summed E-state index contributed by atoms with van der Waals surface area (Å²) in [6, 6.07) is 8.56. The number of carbonyl (C=O) groups is 1. The number of esters is 1. The minimum absolute atomic E-state index is 0.221. The molecule has 0 aliphatic heterocycles. The van der Waals surface area contributed by atoms with Gasteiger partial charge in [0.2, 0.25) is 0 Å². The third kappa shape index (κ3) is 6.23. The maximum atomic E-state index is 10.9. The fraction of sp³-hybridized carbons (Fsp3) is 0.471. The molecule has 0 spiro atoms. The Kier molecular flexibility index (Phi) is 6.94. The molecule has 19 heavy (non-hydrogen) atoms. The molecule has 0 N–H and O–H groups in total. The zero-order chi connectivity index (χ0) is 14.1. The molecule has 0 heterocycles. The van der Waals surface area contributed by atoms with Gasteiger partial charge in [0.25, 0.3) is 0 Å². The van der Waals surface area contributed by atoms with Crippen LogP contribution in [-0.2, 0) is 16.0 Å². The van der Waals surface area contributed by atoms with Gasteiger partial charge in [0.05, 0.1) is 0 Å². The minimum atomic E-state index is -0.221. The van der Waals surface area contributed by atoms with Gasteiger partial charge in [-0.2, -0.15) is 0 Å². The molecule has 0 aliphatic carbocycles. The first kappa shape index (κ1) is 15.5. The van der Waals surface area contributed by atoms with Crippen LogP contribution in [0.15, 0.2) is 29.8 Å². The molecule has 0 saturated heterocycles. The van der Waals surface area contributed by atoms with Gasteiger partial charge in [-0.05, 0) is 29.5 Å². The van der Waals surface area contributed by atoms with Crippen molar-refractivity contribution < 1.29 is 9.53 Å². The van der Waals surface area contributed by atoms with Crippen molar-refractivity contribution in [3.8, 4) is 0 Å². The van der Waals surface area contributed by atoms with E-state index < -0.39 is 0 Å². The number of benzene rings is 1. The standard InChI is InChI=1S/C17H24O2/c1-4-7-15-9-6-10-16(11-15)12-17(8-5-2)13-19-14(3)18/h6,9-12H,4-5,7-8,13H2,1-3H3. The molecule has 0 saturated carbocycles. The molecule has 0 aliphatic rings. The Morgan fingerprint density at radius 3 is 2.68 bits per heavy atom. The summed E-state index contributed by atoms with van der Waals surface area (Å²) in [5.74, 6) is -0.221. The van der Waals surface area contributed by atoms with Crippen molar-refractivity contribution in [1.29, 1.82) is 0 Å². The van der Waals surface area contributed by atoms with Crippen LogP contribution in [0.4, 0.5) is 0 Å². The summed E-state index contributed by atoms with van der Waals surface area (Å²) in [5.41, 5.74) is 3.73. The molecular formula is C17H24O2. The van der Waals surface area contributed by atoms with E-state index in [1.54, 1.807) is 0 Å². The molecular weight excluding hydrogens is 236 g/mol. The van der Waals surface area contributed by atoms with Crippen LogP contribution < -0.4 is 0 Å². The van der Waals surface area contributed by atoms with Crippen molar-refractivity contribution in [2.75, 3.05) is 6.61 Å². The summed E-state index contributed by atoms with van der Waals surface area (Å²) in [7, 11) is 0. The quantitative estimate of drug-likeness (QED) is 0.680. The van der Waals surface area contributed by atoms with E-state index >= 15 is 0 Å². The largest absolute Gasteiger partial charge is 0.461 e. The summed E-state index contributed by atoms with van der Waals surface area (Å²) in [5, 5.41) is 0. The van der Waals surface area contributed by atoms with Crippen LogP contribution >= 0.6 is 0 Å². The van der Waals surface area contributed by atoms with Crippen LogP contribution in [-0.4, -0.2) is 12.6 Å². The highest BCUT2D eigenvalue weighted by molar-refractivity contribution is 5.66. The fourth-order valence-corrected chi connectivity index (χ4v) is 2.06. The van der Waals surface area contributed by atoms with Crippen molar-refractivity contribution >= 4 is 12.0 Å². The van der Waals surface area contributed by atoms with Gasteiger partial charge in [0.15, 0.2) is 0 Å². The summed E-state index contributed by atoms with van der Waals surface area (Å²) in [6.07, 6.45) is 6.43. The summed E-state index contributed by atoms with van der Waals surface area (Å²) < 4.78 is 5.10. The Balaban J connectivity index is 2.81. The number of hydrogen-bond acceptors (Lipinski definition) is 2. The first-order chi connectivity index (χ1) is 9.15. The molecule has 2 heteroatoms. The van der Waals surface area contributed by atoms with Crippen LogP contribution in [0.25, 0.3) is 6.08 Å². The third-order valence-corrected chi connectivity index (χ3v) is 2.89. The highest BCUT2D eigenvalue weighted by Crippen LogP contribution is 2.15. The topological polar surface area (TPSA) is 26.3 Å². The molecule has 1 aromatic carbocycles. The maximum absolute atomic E-state index is 10.9. The van der Waals surface area contributed by atoms with E-state index in [0.717, 1.165) is 25.7 Å². The average molecular weight is 260 g/mol. The third-order valence-electron chi connectivity index (χ3n) is 2.89. The van der Waals surface area contributed by atoms with Gasteiger partial charge < -0.3 is 4.74 Å². The number of ether oxygens (including phenoxy) is 1. The normalized spacial score (nSPS) is 11.4. The Morgan fingerprint density at radius 2 is 2.05 bits per heavy atom. The van der Waals surface area contributed by atoms with E-state index in [9.17, 15) is 4.79 Å². The SMILES string of the molecule is CCCC(=Cc1cccc(CCC)c1)COC(C)=O. The van der Waals surface area contributed by atoms with Crippen molar-refractivity contribution in [2.24, 2.45) is 0 Å². The predicted octanol–water partition coefficient (Wildman–Crippen LogP) is 4.39. The first-order valence-corrected chi connectivity index (χ1v) is 7.07. The van der Waals surface area contributed by atoms with Crippen molar-refractivity contribution in [2.45, 2.75) is 46.5 Å². The van der Waals surface area contributed by atoms with Gasteiger partial charge in [-0.15, -0.1) is 0 Å². The molecule has 0 aromatic heterocycles. The molecule has 104 valence electrons. The molecule has 0 amide bonds. The first-order valence-electron chi connectivity index (χ1n) is 7.07. The fourth-order valence-electron chi connectivity index (χ4n) is 2.06. The average Bonchev–Trinajstić information content (AvgIpc) is 2.37. The zero-order valence-corrected chi connectivity index (χ0v) is 12.2. The van der Waals surface area contributed by atoms with Crippen molar-refractivity contribution in [3.63, 3.8) is 0 Å². The maximum Gasteiger partial charge on any atom is 0.302 e. The molecule has 2 nitrogen and oxygen atoms in total. The monoisotopic (exact) mass is 260 g/mol. The number of aryl methyl sites for hydroxylation is 1. The van der Waals surface area contributed by atoms with Crippen LogP contribution in [0.5, 0.6) is 0 Å². The summed E-state index contributed by atoms with van der Waals surface area (Å²) >= 11 is 0. The molecule has 0 atom stereocenters. The van der Waals surface area contributed by atoms with Crippen LogP contribution in [0.2, 0.25) is 0 Å². The minimum Gasteiger partial charge on any atom is -0.461 e. The Morgan fingerprint density at radius 1 is 1.26 bits per heavy atom. The van der Waals surface area contributed by atoms with Crippen molar-refractivity contribution in [1.82, 2.24) is 0 Å². The van der Waals surface area contributed by atoms with Gasteiger partial charge >= 0.3 is 5.97 Å². The highest BCUT2D eigenvalue weighted by atomic mass is 16.5. The molecule has 1 aromatic rings. The number of carbonyl (C=O) groups excluding carboxylic acids is 1. The second kappa shape index (κ2) is 8.52. The Bertz CT molecular complexity index is 433. The van der Waals surface area contributed by atoms with Gasteiger partial charge in [-0.25, -0.2) is 0 Å². The van der Waals surface area contributed by atoms with Crippen LogP contribution in [0.3, 0.4) is 0 Å². The molecule has 0 radical (unpaired) electrons. The van der Waals surface area contributed by atoms with Gasteiger partial charge in [0, 0.05) is 6.92 Å². The molecule has 0 fully saturated rings. The second-order valence-electron chi connectivity index (χ2n) is 4.83. The molecule has 1 rings (SSSR count). The zero-order valence-electron chi connectivity index (χ0n) is 12.2. The second-order valence-corrected chi connectivity index (χ2v) is 4.83. The molecule has 0 bridgehead atoms. The lowest BCUT2D eigenvalue weighted by atomic mass is 10.0. The summed E-state index contributed by atoms with van der Waals surface area (Å²) in [6.45, 7) is 6.17. The van der Waals surface area contributed by atoms with E-state index in [0.29, 0.717) is 6.61 Å². The smallest absolute Gasteiger partial charge is 0.302 e. The lowest BCUT2D eigenvalue weighted by Crippen LogP contribution is -2.03. The highest BCUT2D eigenvalue weighted by Gasteiger charge is 2.01. The van der Waals surface area contributed by atoms with E-state index in [1.165, 1.54) is 23.6 Å². The molecule has 0 unspecified atom stereocenters.